The highest BCUT2D eigenvalue weighted by Gasteiger charge is 2.42. The van der Waals surface area contributed by atoms with Crippen molar-refractivity contribution >= 4 is 34.6 Å². The summed E-state index contributed by atoms with van der Waals surface area (Å²) in [4.78, 5) is 6.74. The van der Waals surface area contributed by atoms with Gasteiger partial charge in [0.25, 0.3) is 0 Å². The molecule has 2 aromatic heterocycles. The zero-order valence-electron chi connectivity index (χ0n) is 20.5. The van der Waals surface area contributed by atoms with E-state index in [0.29, 0.717) is 29.1 Å². The van der Waals surface area contributed by atoms with Crippen molar-refractivity contribution in [1.29, 1.82) is 0 Å². The van der Waals surface area contributed by atoms with Gasteiger partial charge in [0, 0.05) is 36.6 Å². The number of thiocarbonyl (C=S) groups is 1. The minimum absolute atomic E-state index is 0.183. The molecule has 0 saturated carbocycles. The van der Waals surface area contributed by atoms with Gasteiger partial charge in [0.1, 0.15) is 24.1 Å². The quantitative estimate of drug-likeness (QED) is 0.217. The number of nitrogens with one attached hydrogen (secondary N) is 1. The number of anilines is 1. The smallest absolute Gasteiger partial charge is 0.174 e. The minimum atomic E-state index is -0.198. The van der Waals surface area contributed by atoms with E-state index in [1.54, 1.807) is 20.4 Å². The molecule has 37 heavy (non-hydrogen) atoms. The zero-order chi connectivity index (χ0) is 25.8. The van der Waals surface area contributed by atoms with Crippen molar-refractivity contribution < 1.29 is 14.2 Å². The molecule has 4 aromatic rings. The third-order valence-corrected chi connectivity index (χ3v) is 6.88. The Kier molecular flexibility index (Phi) is 7.60. The fourth-order valence-corrected chi connectivity index (χ4v) is 5.11. The first kappa shape index (κ1) is 25.1. The molecule has 0 amide bonds. The Bertz CT molecular complexity index is 1360. The van der Waals surface area contributed by atoms with Gasteiger partial charge in [0.15, 0.2) is 5.11 Å². The van der Waals surface area contributed by atoms with Crippen molar-refractivity contribution in [2.75, 3.05) is 32.3 Å². The Morgan fingerprint density at radius 1 is 0.973 bits per heavy atom. The highest BCUT2D eigenvalue weighted by atomic mass is 35.5. The van der Waals surface area contributed by atoms with Crippen LogP contribution in [0.5, 0.6) is 11.5 Å². The van der Waals surface area contributed by atoms with Crippen LogP contribution >= 0.6 is 23.8 Å². The number of pyridine rings is 1. The Morgan fingerprint density at radius 3 is 2.49 bits per heavy atom. The molecule has 1 aliphatic heterocycles. The molecule has 0 spiro atoms. The van der Waals surface area contributed by atoms with Crippen LogP contribution in [0.15, 0.2) is 85.2 Å². The number of nitrogens with zero attached hydrogens (tertiary/aromatic N) is 3. The molecule has 2 atom stereocenters. The lowest BCUT2D eigenvalue weighted by Gasteiger charge is -2.29. The van der Waals surface area contributed by atoms with Crippen LogP contribution in [0.4, 0.5) is 5.69 Å². The Hall–Kier alpha value is -3.59. The number of aromatic nitrogens is 2. The van der Waals surface area contributed by atoms with Gasteiger partial charge in [0.05, 0.1) is 30.5 Å². The van der Waals surface area contributed by atoms with Crippen LogP contribution in [-0.2, 0) is 4.74 Å². The molecule has 1 aliphatic rings. The molecule has 0 aliphatic carbocycles. The van der Waals surface area contributed by atoms with Crippen molar-refractivity contribution in [2.45, 2.75) is 12.1 Å². The molecule has 5 rings (SSSR count). The van der Waals surface area contributed by atoms with E-state index >= 15 is 0 Å². The lowest BCUT2D eigenvalue weighted by molar-refractivity contribution is 0.146. The summed E-state index contributed by atoms with van der Waals surface area (Å²) in [5.74, 6) is 1.40. The van der Waals surface area contributed by atoms with E-state index in [1.807, 2.05) is 72.9 Å². The summed E-state index contributed by atoms with van der Waals surface area (Å²) in [6.45, 7) is 0.896. The second-order valence-corrected chi connectivity index (χ2v) is 9.25. The lowest BCUT2D eigenvalue weighted by atomic mass is 10.0. The van der Waals surface area contributed by atoms with Crippen molar-refractivity contribution in [3.05, 3.63) is 102 Å². The summed E-state index contributed by atoms with van der Waals surface area (Å²) in [6.07, 6.45) is 3.84. The molecule has 3 heterocycles. The van der Waals surface area contributed by atoms with Gasteiger partial charge >= 0.3 is 0 Å². The van der Waals surface area contributed by atoms with Gasteiger partial charge in [-0.3, -0.25) is 4.98 Å². The monoisotopic (exact) mass is 534 g/mol. The van der Waals surface area contributed by atoms with Gasteiger partial charge in [0.2, 0.25) is 0 Å². The summed E-state index contributed by atoms with van der Waals surface area (Å²) in [7, 11) is 3.30. The van der Waals surface area contributed by atoms with Crippen molar-refractivity contribution in [1.82, 2.24) is 14.9 Å². The van der Waals surface area contributed by atoms with Crippen LogP contribution in [0.1, 0.15) is 23.5 Å². The molecule has 0 radical (unpaired) electrons. The maximum Gasteiger partial charge on any atom is 0.174 e. The third-order valence-electron chi connectivity index (χ3n) is 6.27. The van der Waals surface area contributed by atoms with Crippen LogP contribution in [-0.4, -0.2) is 42.1 Å². The molecule has 0 unspecified atom stereocenters. The number of hydrogen-bond acceptors (Lipinski definition) is 5. The largest absolute Gasteiger partial charge is 0.497 e. The summed E-state index contributed by atoms with van der Waals surface area (Å²) < 4.78 is 18.3. The fourth-order valence-electron chi connectivity index (χ4n) is 4.54. The van der Waals surface area contributed by atoms with Crippen LogP contribution < -0.4 is 19.7 Å². The van der Waals surface area contributed by atoms with E-state index in [9.17, 15) is 0 Å². The van der Waals surface area contributed by atoms with Crippen molar-refractivity contribution in [2.24, 2.45) is 0 Å². The molecule has 1 N–H and O–H groups in total. The molecular weight excluding hydrogens is 508 g/mol. The van der Waals surface area contributed by atoms with Crippen LogP contribution in [0.3, 0.4) is 0 Å². The molecule has 9 heteroatoms. The van der Waals surface area contributed by atoms with Gasteiger partial charge in [-0.25, -0.2) is 0 Å². The van der Waals surface area contributed by atoms with Crippen molar-refractivity contribution in [3.8, 4) is 17.2 Å². The van der Waals surface area contributed by atoms with E-state index in [0.717, 1.165) is 28.5 Å². The highest BCUT2D eigenvalue weighted by Crippen LogP contribution is 2.43. The number of hydrogen-bond donors (Lipinski definition) is 1. The average molecular weight is 535 g/mol. The zero-order valence-corrected chi connectivity index (χ0v) is 22.1. The second kappa shape index (κ2) is 11.2. The van der Waals surface area contributed by atoms with Crippen LogP contribution in [0.25, 0.3) is 5.69 Å². The molecule has 2 aromatic carbocycles. The summed E-state index contributed by atoms with van der Waals surface area (Å²) >= 11 is 12.5. The molecule has 0 bridgehead atoms. The summed E-state index contributed by atoms with van der Waals surface area (Å²) in [5, 5.41) is 4.59. The number of rotatable bonds is 9. The minimum Gasteiger partial charge on any atom is -0.497 e. The van der Waals surface area contributed by atoms with E-state index in [2.05, 4.69) is 25.8 Å². The van der Waals surface area contributed by atoms with E-state index in [4.69, 9.17) is 38.0 Å². The molecule has 190 valence electrons. The maximum absolute atomic E-state index is 6.63. The predicted octanol–water partition coefficient (Wildman–Crippen LogP) is 5.74. The first-order chi connectivity index (χ1) is 18.1. The standard InChI is InChI=1S/C28H27ClN4O3S/c1-34-16-17-36-25-13-10-20(18-22(25)29)33-27(26(31-28(33)37)23-6-3-4-14-30-23)24-7-5-15-32(24)19-8-11-21(35-2)12-9-19/h3-15,18,26-27H,16-17H2,1-2H3,(H,31,37)/t26-,27+/m1/s1. The van der Waals surface area contributed by atoms with E-state index in [-0.39, 0.29) is 12.1 Å². The van der Waals surface area contributed by atoms with Gasteiger partial charge < -0.3 is 29.0 Å². The van der Waals surface area contributed by atoms with Crippen molar-refractivity contribution in [3.63, 3.8) is 0 Å². The lowest BCUT2D eigenvalue weighted by Crippen LogP contribution is -2.30. The normalized spacial score (nSPS) is 17.1. The number of ether oxygens (including phenoxy) is 3. The fraction of sp³-hybridized carbons (Fsp3) is 0.214. The molecular formula is C28H27ClN4O3S. The van der Waals surface area contributed by atoms with Gasteiger partial charge in [-0.05, 0) is 78.9 Å². The highest BCUT2D eigenvalue weighted by molar-refractivity contribution is 7.80. The number of methoxy groups -OCH3 is 2. The Labute approximate surface area is 226 Å². The Morgan fingerprint density at radius 2 is 1.78 bits per heavy atom. The van der Waals surface area contributed by atoms with Gasteiger partial charge in [-0.2, -0.15) is 0 Å². The molecule has 7 nitrogen and oxygen atoms in total. The van der Waals surface area contributed by atoms with Gasteiger partial charge in [-0.15, -0.1) is 0 Å². The third kappa shape index (κ3) is 5.13. The topological polar surface area (TPSA) is 60.8 Å². The number of halogens is 1. The SMILES string of the molecule is COCCOc1ccc(N2C(=S)N[C@H](c3ccccn3)[C@@H]2c2cccn2-c2ccc(OC)cc2)cc1Cl. The molecule has 1 saturated heterocycles. The van der Waals surface area contributed by atoms with Crippen LogP contribution in [0.2, 0.25) is 5.02 Å². The predicted molar refractivity (Wildman–Crippen MR) is 149 cm³/mol. The first-order valence-electron chi connectivity index (χ1n) is 11.8. The van der Waals surface area contributed by atoms with Crippen LogP contribution in [0, 0.1) is 0 Å². The Balaban J connectivity index is 1.57. The van der Waals surface area contributed by atoms with E-state index < -0.39 is 0 Å². The summed E-state index contributed by atoms with van der Waals surface area (Å²) in [6, 6.07) is 23.4. The van der Waals surface area contributed by atoms with E-state index in [1.165, 1.54) is 0 Å². The van der Waals surface area contributed by atoms with Gasteiger partial charge in [-0.1, -0.05) is 17.7 Å². The second-order valence-electron chi connectivity index (χ2n) is 8.45. The summed E-state index contributed by atoms with van der Waals surface area (Å²) in [5.41, 5.74) is 3.81. The molecule has 1 fully saturated rings. The average Bonchev–Trinajstić information content (AvgIpc) is 3.54. The first-order valence-corrected chi connectivity index (χ1v) is 12.6. The maximum atomic E-state index is 6.63. The number of benzene rings is 2.